The number of fused-ring (bicyclic) bond motifs is 1. The van der Waals surface area contributed by atoms with Crippen LogP contribution in [0.1, 0.15) is 0 Å². The highest BCUT2D eigenvalue weighted by Gasteiger charge is 2.08. The monoisotopic (exact) mass is 242 g/mol. The van der Waals surface area contributed by atoms with Crippen LogP contribution < -0.4 is 5.84 Å². The predicted octanol–water partition coefficient (Wildman–Crippen LogP) is 3.68. The molecule has 17 heavy (non-hydrogen) atoms. The number of rotatable bonds is 1. The summed E-state index contributed by atoms with van der Waals surface area (Å²) in [7, 11) is 0. The second-order valence-electron chi connectivity index (χ2n) is 3.97. The molecule has 1 aromatic heterocycles. The Morgan fingerprint density at radius 2 is 1.71 bits per heavy atom. The van der Waals surface area contributed by atoms with Crippen molar-refractivity contribution in [3.05, 3.63) is 59.6 Å². The molecule has 0 amide bonds. The summed E-state index contributed by atoms with van der Waals surface area (Å²) >= 11 is 5.98. The molecule has 2 aromatic carbocycles. The fourth-order valence-electron chi connectivity index (χ4n) is 2.04. The molecule has 1 heterocycles. The standard InChI is InChI=1S/C14H11ClN2/c15-12-6-7-13-11(8-12)9-14(17(13)16)10-4-2-1-3-5-10/h1-9H,16H2. The molecule has 0 atom stereocenters. The van der Waals surface area contributed by atoms with Crippen LogP contribution in [0.3, 0.4) is 0 Å². The van der Waals surface area contributed by atoms with E-state index in [9.17, 15) is 0 Å². The largest absolute Gasteiger partial charge is 0.339 e. The fraction of sp³-hybridized carbons (Fsp3) is 0. The van der Waals surface area contributed by atoms with Gasteiger partial charge >= 0.3 is 0 Å². The molecule has 3 heteroatoms. The molecule has 0 saturated heterocycles. The normalized spacial score (nSPS) is 10.9. The Morgan fingerprint density at radius 1 is 0.941 bits per heavy atom. The summed E-state index contributed by atoms with van der Waals surface area (Å²) in [6.45, 7) is 0. The Hall–Kier alpha value is -1.93. The maximum atomic E-state index is 6.09. The van der Waals surface area contributed by atoms with Crippen LogP contribution in [0.15, 0.2) is 54.6 Å². The number of hydrogen-bond donors (Lipinski definition) is 1. The minimum absolute atomic E-state index is 0.725. The number of nitrogen functional groups attached to an aromatic ring is 1. The number of benzene rings is 2. The van der Waals surface area contributed by atoms with E-state index in [0.29, 0.717) is 0 Å². The van der Waals surface area contributed by atoms with Crippen LogP contribution in [-0.4, -0.2) is 4.68 Å². The smallest absolute Gasteiger partial charge is 0.0703 e. The highest BCUT2D eigenvalue weighted by molar-refractivity contribution is 6.31. The third kappa shape index (κ3) is 1.67. The van der Waals surface area contributed by atoms with Crippen LogP contribution in [0.25, 0.3) is 22.2 Å². The second kappa shape index (κ2) is 3.82. The molecule has 2 nitrogen and oxygen atoms in total. The lowest BCUT2D eigenvalue weighted by Crippen LogP contribution is -2.08. The van der Waals surface area contributed by atoms with Crippen molar-refractivity contribution in [1.29, 1.82) is 0 Å². The minimum Gasteiger partial charge on any atom is -0.339 e. The summed E-state index contributed by atoms with van der Waals surface area (Å²) < 4.78 is 1.70. The summed E-state index contributed by atoms with van der Waals surface area (Å²) in [5, 5.41) is 1.78. The van der Waals surface area contributed by atoms with Gasteiger partial charge in [0.15, 0.2) is 0 Å². The highest BCUT2D eigenvalue weighted by atomic mass is 35.5. The maximum Gasteiger partial charge on any atom is 0.0703 e. The average molecular weight is 243 g/mol. The van der Waals surface area contributed by atoms with Gasteiger partial charge in [-0.3, -0.25) is 4.68 Å². The van der Waals surface area contributed by atoms with Gasteiger partial charge in [0.25, 0.3) is 0 Å². The van der Waals surface area contributed by atoms with Crippen LogP contribution in [0.5, 0.6) is 0 Å². The Morgan fingerprint density at radius 3 is 2.47 bits per heavy atom. The van der Waals surface area contributed by atoms with Gasteiger partial charge in [-0.15, -0.1) is 0 Å². The van der Waals surface area contributed by atoms with E-state index in [1.54, 1.807) is 4.68 Å². The Balaban J connectivity index is 2.28. The Kier molecular flexibility index (Phi) is 2.30. The quantitative estimate of drug-likeness (QED) is 0.649. The van der Waals surface area contributed by atoms with Crippen LogP contribution in [-0.2, 0) is 0 Å². The molecule has 0 aliphatic heterocycles. The van der Waals surface area contributed by atoms with Crippen molar-refractivity contribution < 1.29 is 0 Å². The molecule has 0 aliphatic carbocycles. The first-order valence-electron chi connectivity index (χ1n) is 5.37. The molecule has 3 rings (SSSR count). The molecule has 3 aromatic rings. The lowest BCUT2D eigenvalue weighted by molar-refractivity contribution is 1.08. The van der Waals surface area contributed by atoms with Gasteiger partial charge in [0.1, 0.15) is 0 Å². The number of nitrogens with two attached hydrogens (primary N) is 1. The van der Waals surface area contributed by atoms with E-state index < -0.39 is 0 Å². The van der Waals surface area contributed by atoms with Gasteiger partial charge in [-0.2, -0.15) is 0 Å². The van der Waals surface area contributed by atoms with Gasteiger partial charge in [-0.25, -0.2) is 0 Å². The Bertz CT molecular complexity index is 671. The number of hydrogen-bond acceptors (Lipinski definition) is 1. The zero-order valence-corrected chi connectivity index (χ0v) is 9.85. The average Bonchev–Trinajstić information content (AvgIpc) is 2.67. The molecule has 0 fully saturated rings. The third-order valence-electron chi connectivity index (χ3n) is 2.87. The van der Waals surface area contributed by atoms with Gasteiger partial charge < -0.3 is 5.84 Å². The summed E-state index contributed by atoms with van der Waals surface area (Å²) in [5.41, 5.74) is 3.07. The number of aromatic nitrogens is 1. The van der Waals surface area contributed by atoms with Gasteiger partial charge in [0.05, 0.1) is 11.2 Å². The molecule has 0 unspecified atom stereocenters. The molecular weight excluding hydrogens is 232 g/mol. The SMILES string of the molecule is Nn1c(-c2ccccc2)cc2cc(Cl)ccc21. The molecule has 84 valence electrons. The molecule has 0 spiro atoms. The van der Waals surface area contributed by atoms with Crippen LogP contribution in [0.4, 0.5) is 0 Å². The zero-order chi connectivity index (χ0) is 11.8. The van der Waals surface area contributed by atoms with Crippen molar-refractivity contribution in [3.63, 3.8) is 0 Å². The molecule has 0 aliphatic rings. The highest BCUT2D eigenvalue weighted by Crippen LogP contribution is 2.27. The maximum absolute atomic E-state index is 6.09. The second-order valence-corrected chi connectivity index (χ2v) is 4.41. The third-order valence-corrected chi connectivity index (χ3v) is 3.11. The molecule has 0 saturated carbocycles. The lowest BCUT2D eigenvalue weighted by atomic mass is 10.1. The summed E-state index contributed by atoms with van der Waals surface area (Å²) in [5.74, 6) is 6.09. The van der Waals surface area contributed by atoms with Crippen molar-refractivity contribution in [3.8, 4) is 11.3 Å². The van der Waals surface area contributed by atoms with Gasteiger partial charge in [-0.05, 0) is 24.3 Å². The van der Waals surface area contributed by atoms with E-state index in [-0.39, 0.29) is 0 Å². The minimum atomic E-state index is 0.725. The first kappa shape index (κ1) is 10.2. The Labute approximate surface area is 104 Å². The fourth-order valence-corrected chi connectivity index (χ4v) is 2.22. The molecule has 2 N–H and O–H groups in total. The van der Waals surface area contributed by atoms with E-state index >= 15 is 0 Å². The summed E-state index contributed by atoms with van der Waals surface area (Å²) in [6, 6.07) is 17.8. The van der Waals surface area contributed by atoms with E-state index in [1.165, 1.54) is 0 Å². The molecular formula is C14H11ClN2. The van der Waals surface area contributed by atoms with Crippen molar-refractivity contribution in [2.24, 2.45) is 0 Å². The van der Waals surface area contributed by atoms with Gasteiger partial charge in [0, 0.05) is 16.0 Å². The van der Waals surface area contributed by atoms with Crippen LogP contribution in [0, 0.1) is 0 Å². The molecule has 0 radical (unpaired) electrons. The van der Waals surface area contributed by atoms with Crippen molar-refractivity contribution in [1.82, 2.24) is 4.68 Å². The van der Waals surface area contributed by atoms with E-state index in [2.05, 4.69) is 6.07 Å². The zero-order valence-electron chi connectivity index (χ0n) is 9.10. The van der Waals surface area contributed by atoms with Crippen molar-refractivity contribution in [2.45, 2.75) is 0 Å². The lowest BCUT2D eigenvalue weighted by Gasteiger charge is -2.03. The molecule has 0 bridgehead atoms. The summed E-state index contributed by atoms with van der Waals surface area (Å²) in [4.78, 5) is 0. The van der Waals surface area contributed by atoms with Crippen molar-refractivity contribution in [2.75, 3.05) is 5.84 Å². The first-order valence-corrected chi connectivity index (χ1v) is 5.75. The first-order chi connectivity index (χ1) is 8.25. The van der Waals surface area contributed by atoms with Crippen molar-refractivity contribution >= 4 is 22.5 Å². The van der Waals surface area contributed by atoms with E-state index in [0.717, 1.165) is 27.2 Å². The van der Waals surface area contributed by atoms with E-state index in [4.69, 9.17) is 17.4 Å². The number of halogens is 1. The predicted molar refractivity (Wildman–Crippen MR) is 72.5 cm³/mol. The van der Waals surface area contributed by atoms with E-state index in [1.807, 2.05) is 48.5 Å². The topological polar surface area (TPSA) is 30.9 Å². The van der Waals surface area contributed by atoms with Crippen LogP contribution in [0.2, 0.25) is 5.02 Å². The number of nitrogens with zero attached hydrogens (tertiary/aromatic N) is 1. The van der Waals surface area contributed by atoms with Crippen LogP contribution >= 0.6 is 11.6 Å². The summed E-state index contributed by atoms with van der Waals surface area (Å²) in [6.07, 6.45) is 0. The van der Waals surface area contributed by atoms with Gasteiger partial charge in [-0.1, -0.05) is 41.9 Å². The van der Waals surface area contributed by atoms with Gasteiger partial charge in [0.2, 0.25) is 0 Å².